The van der Waals surface area contributed by atoms with Crippen molar-refractivity contribution in [3.63, 3.8) is 0 Å². The Balaban J connectivity index is 2.91. The Labute approximate surface area is 85.1 Å². The number of nitrogens with one attached hydrogen (secondary N) is 2. The predicted molar refractivity (Wildman–Crippen MR) is 59.1 cm³/mol. The smallest absolute Gasteiger partial charge is 0.244 e. The quantitative estimate of drug-likeness (QED) is 0.664. The summed E-state index contributed by atoms with van der Waals surface area (Å²) in [6, 6.07) is 0. The van der Waals surface area contributed by atoms with E-state index in [1.165, 1.54) is 11.4 Å². The van der Waals surface area contributed by atoms with Crippen LogP contribution in [0.4, 0.5) is 0 Å². The van der Waals surface area contributed by atoms with Gasteiger partial charge in [0.2, 0.25) is 0 Å². The van der Waals surface area contributed by atoms with Gasteiger partial charge in [0.25, 0.3) is 5.82 Å². The Kier molecular flexibility index (Phi) is 3.92. The second-order valence-corrected chi connectivity index (χ2v) is 3.16. The van der Waals surface area contributed by atoms with Gasteiger partial charge in [-0.2, -0.15) is 0 Å². The summed E-state index contributed by atoms with van der Waals surface area (Å²) in [6.45, 7) is 11.2. The van der Waals surface area contributed by atoms with Gasteiger partial charge in [0, 0.05) is 12.8 Å². The van der Waals surface area contributed by atoms with Gasteiger partial charge in [-0.1, -0.05) is 18.2 Å². The second kappa shape index (κ2) is 5.22. The lowest BCUT2D eigenvalue weighted by Gasteiger charge is -1.88. The van der Waals surface area contributed by atoms with E-state index in [0.29, 0.717) is 0 Å². The fourth-order valence-electron chi connectivity index (χ4n) is 1.43. The topological polar surface area (TPSA) is 29.9 Å². The Hall–Kier alpha value is -1.57. The molecule has 0 bridgehead atoms. The first-order valence-electron chi connectivity index (χ1n) is 4.76. The molecule has 0 fully saturated rings. The molecule has 0 atom stereocenters. The van der Waals surface area contributed by atoms with Gasteiger partial charge in [-0.25, -0.2) is 9.97 Å². The molecule has 0 amide bonds. The van der Waals surface area contributed by atoms with E-state index in [0.717, 1.165) is 25.1 Å². The summed E-state index contributed by atoms with van der Waals surface area (Å²) in [4.78, 5) is 6.65. The predicted octanol–water partition coefficient (Wildman–Crippen LogP) is 2.01. The summed E-state index contributed by atoms with van der Waals surface area (Å²) in [5.41, 5.74) is 2.38. The molecule has 0 spiro atoms. The van der Waals surface area contributed by atoms with Crippen molar-refractivity contribution in [3.8, 4) is 0 Å². The number of H-pyrrole nitrogens is 2. The Bertz CT molecular complexity index is 307. The average Bonchev–Trinajstić information content (AvgIpc) is 2.50. The summed E-state index contributed by atoms with van der Waals surface area (Å²) in [5, 5.41) is 0. The number of aromatic amines is 2. The normalized spacial score (nSPS) is 9.71. The SMILES string of the molecule is C=CCc1[nH]c(CC=C)c(CC=C)[nH+]1. The van der Waals surface area contributed by atoms with Crippen LogP contribution in [0.2, 0.25) is 0 Å². The first kappa shape index (κ1) is 10.5. The molecular weight excluding hydrogens is 172 g/mol. The average molecular weight is 189 g/mol. The molecule has 0 aliphatic heterocycles. The minimum Gasteiger partial charge on any atom is -0.244 e. The lowest BCUT2D eigenvalue weighted by molar-refractivity contribution is -0.398. The molecule has 14 heavy (non-hydrogen) atoms. The van der Waals surface area contributed by atoms with Crippen LogP contribution in [0.25, 0.3) is 0 Å². The lowest BCUT2D eigenvalue weighted by Crippen LogP contribution is -2.11. The van der Waals surface area contributed by atoms with Crippen molar-refractivity contribution in [2.75, 3.05) is 0 Å². The van der Waals surface area contributed by atoms with Crippen LogP contribution in [0.3, 0.4) is 0 Å². The molecule has 1 aromatic rings. The molecule has 0 aliphatic rings. The molecular formula is C12H17N2+. The molecule has 0 unspecified atom stereocenters. The standard InChI is InChI=1S/C12H16N2/c1-4-7-10-11(8-5-2)14-12(13-10)9-6-3/h4-6H,1-3,7-9H2,(H,13,14)/p+1. The van der Waals surface area contributed by atoms with Gasteiger partial charge >= 0.3 is 0 Å². The molecule has 2 nitrogen and oxygen atoms in total. The highest BCUT2D eigenvalue weighted by molar-refractivity contribution is 5.14. The van der Waals surface area contributed by atoms with Crippen molar-refractivity contribution in [1.82, 2.24) is 4.98 Å². The minimum atomic E-state index is 0.835. The van der Waals surface area contributed by atoms with E-state index in [1.807, 2.05) is 18.2 Å². The Morgan fingerprint density at radius 1 is 1.00 bits per heavy atom. The van der Waals surface area contributed by atoms with Gasteiger partial charge in [0.1, 0.15) is 11.4 Å². The number of allylic oxidation sites excluding steroid dienone is 3. The monoisotopic (exact) mass is 189 g/mol. The molecule has 0 saturated carbocycles. The highest BCUT2D eigenvalue weighted by Gasteiger charge is 2.13. The van der Waals surface area contributed by atoms with Gasteiger partial charge in [0.05, 0.1) is 6.42 Å². The van der Waals surface area contributed by atoms with Crippen LogP contribution in [0.5, 0.6) is 0 Å². The van der Waals surface area contributed by atoms with Crippen LogP contribution in [0, 0.1) is 0 Å². The highest BCUT2D eigenvalue weighted by atomic mass is 14.9. The van der Waals surface area contributed by atoms with Crippen LogP contribution in [-0.2, 0) is 19.3 Å². The van der Waals surface area contributed by atoms with Crippen molar-refractivity contribution < 1.29 is 4.98 Å². The highest BCUT2D eigenvalue weighted by Crippen LogP contribution is 2.05. The van der Waals surface area contributed by atoms with Crippen LogP contribution >= 0.6 is 0 Å². The van der Waals surface area contributed by atoms with E-state index >= 15 is 0 Å². The molecule has 0 aromatic carbocycles. The van der Waals surface area contributed by atoms with Crippen molar-refractivity contribution >= 4 is 0 Å². The molecule has 2 heteroatoms. The third-order valence-electron chi connectivity index (χ3n) is 2.01. The van der Waals surface area contributed by atoms with Gasteiger partial charge in [-0.15, -0.1) is 19.7 Å². The molecule has 2 N–H and O–H groups in total. The zero-order chi connectivity index (χ0) is 10.4. The maximum absolute atomic E-state index is 3.73. The van der Waals surface area contributed by atoms with Crippen LogP contribution in [-0.4, -0.2) is 4.98 Å². The maximum atomic E-state index is 3.73. The van der Waals surface area contributed by atoms with E-state index < -0.39 is 0 Å². The third kappa shape index (κ3) is 2.46. The van der Waals surface area contributed by atoms with Gasteiger partial charge in [-0.05, 0) is 0 Å². The summed E-state index contributed by atoms with van der Waals surface area (Å²) in [6.07, 6.45) is 8.21. The number of hydrogen-bond donors (Lipinski definition) is 1. The summed E-state index contributed by atoms with van der Waals surface area (Å²) < 4.78 is 0. The summed E-state index contributed by atoms with van der Waals surface area (Å²) in [7, 11) is 0. The van der Waals surface area contributed by atoms with Crippen LogP contribution in [0.15, 0.2) is 38.0 Å². The van der Waals surface area contributed by atoms with E-state index in [9.17, 15) is 0 Å². The third-order valence-corrected chi connectivity index (χ3v) is 2.01. The van der Waals surface area contributed by atoms with E-state index in [2.05, 4.69) is 29.7 Å². The fraction of sp³-hybridized carbons (Fsp3) is 0.250. The van der Waals surface area contributed by atoms with E-state index in [-0.39, 0.29) is 0 Å². The molecule has 0 radical (unpaired) electrons. The van der Waals surface area contributed by atoms with Crippen molar-refractivity contribution in [1.29, 1.82) is 0 Å². The fourth-order valence-corrected chi connectivity index (χ4v) is 1.43. The molecule has 0 aliphatic carbocycles. The number of hydrogen-bond acceptors (Lipinski definition) is 0. The number of rotatable bonds is 6. The zero-order valence-corrected chi connectivity index (χ0v) is 8.47. The van der Waals surface area contributed by atoms with Gasteiger partial charge in [0.15, 0.2) is 0 Å². The second-order valence-electron chi connectivity index (χ2n) is 3.16. The lowest BCUT2D eigenvalue weighted by atomic mass is 10.2. The minimum absolute atomic E-state index is 0.835. The number of aromatic nitrogens is 2. The maximum Gasteiger partial charge on any atom is 0.256 e. The van der Waals surface area contributed by atoms with Crippen molar-refractivity contribution in [3.05, 3.63) is 55.2 Å². The van der Waals surface area contributed by atoms with Crippen LogP contribution in [0.1, 0.15) is 17.2 Å². The largest absolute Gasteiger partial charge is 0.256 e. The molecule has 1 rings (SSSR count). The van der Waals surface area contributed by atoms with Crippen molar-refractivity contribution in [2.45, 2.75) is 19.3 Å². The summed E-state index contributed by atoms with van der Waals surface area (Å²) >= 11 is 0. The Morgan fingerprint density at radius 2 is 1.64 bits per heavy atom. The van der Waals surface area contributed by atoms with Crippen LogP contribution < -0.4 is 4.98 Å². The first-order valence-corrected chi connectivity index (χ1v) is 4.76. The van der Waals surface area contributed by atoms with Gasteiger partial charge in [-0.3, -0.25) is 0 Å². The molecule has 74 valence electrons. The summed E-state index contributed by atoms with van der Waals surface area (Å²) in [5.74, 6) is 1.09. The number of imidazole rings is 1. The van der Waals surface area contributed by atoms with Gasteiger partial charge < -0.3 is 0 Å². The van der Waals surface area contributed by atoms with E-state index in [4.69, 9.17) is 0 Å². The van der Waals surface area contributed by atoms with Crippen molar-refractivity contribution in [2.24, 2.45) is 0 Å². The Morgan fingerprint density at radius 3 is 2.21 bits per heavy atom. The molecule has 1 aromatic heterocycles. The zero-order valence-electron chi connectivity index (χ0n) is 8.47. The van der Waals surface area contributed by atoms with E-state index in [1.54, 1.807) is 0 Å². The first-order chi connectivity index (χ1) is 6.81. The molecule has 0 saturated heterocycles. The molecule has 1 heterocycles.